The van der Waals surface area contributed by atoms with E-state index in [0.29, 0.717) is 5.52 Å². The van der Waals surface area contributed by atoms with Crippen LogP contribution in [0.1, 0.15) is 71.4 Å². The Kier molecular flexibility index (Phi) is 8.73. The second-order valence-corrected chi connectivity index (χ2v) is 10.8. The first-order chi connectivity index (χ1) is 18.7. The lowest BCUT2D eigenvalue weighted by molar-refractivity contribution is -0.164. The van der Waals surface area contributed by atoms with Gasteiger partial charge in [0.05, 0.1) is 17.7 Å². The van der Waals surface area contributed by atoms with E-state index in [1.165, 1.54) is 16.9 Å². The molecule has 212 valence electrons. The van der Waals surface area contributed by atoms with Crippen LogP contribution in [0.5, 0.6) is 0 Å². The minimum atomic E-state index is -2.02. The number of fused-ring (bicyclic) bond motifs is 1. The van der Waals surface area contributed by atoms with Crippen molar-refractivity contribution in [2.24, 2.45) is 11.3 Å². The number of ether oxygens (including phenoxy) is 3. The summed E-state index contributed by atoms with van der Waals surface area (Å²) in [7, 11) is 0. The van der Waals surface area contributed by atoms with Gasteiger partial charge < -0.3 is 24.4 Å². The van der Waals surface area contributed by atoms with Gasteiger partial charge in [-0.15, -0.1) is 0 Å². The molecule has 12 heteroatoms. The number of aliphatic hydroxyl groups excluding tert-OH is 2. The fraction of sp³-hybridized carbons (Fsp3) is 0.667. The van der Waals surface area contributed by atoms with E-state index >= 15 is 0 Å². The Balaban J connectivity index is 1.51. The molecule has 39 heavy (non-hydrogen) atoms. The molecule has 2 aliphatic rings. The predicted molar refractivity (Wildman–Crippen MR) is 138 cm³/mol. The average Bonchev–Trinajstić information content (AvgIpc) is 3.48. The minimum Gasteiger partial charge on any atom is -0.462 e. The van der Waals surface area contributed by atoms with Crippen LogP contribution >= 0.6 is 0 Å². The minimum absolute atomic E-state index is 0.118. The number of anilines is 1. The molecule has 0 radical (unpaired) electrons. The molecule has 2 fully saturated rings. The van der Waals surface area contributed by atoms with Crippen LogP contribution in [0.2, 0.25) is 0 Å². The van der Waals surface area contributed by atoms with E-state index in [2.05, 4.69) is 15.4 Å². The van der Waals surface area contributed by atoms with Crippen molar-refractivity contribution in [2.45, 2.75) is 89.6 Å². The van der Waals surface area contributed by atoms with Crippen molar-refractivity contribution in [3.63, 3.8) is 0 Å². The van der Waals surface area contributed by atoms with Gasteiger partial charge in [0.15, 0.2) is 5.82 Å². The maximum atomic E-state index is 13.0. The summed E-state index contributed by atoms with van der Waals surface area (Å²) < 4.78 is 17.9. The number of rotatable bonds is 9. The third-order valence-corrected chi connectivity index (χ3v) is 7.94. The Bertz CT molecular complexity index is 1220. The molecule has 0 unspecified atom stereocenters. The van der Waals surface area contributed by atoms with Crippen LogP contribution in [-0.2, 0) is 24.6 Å². The van der Waals surface area contributed by atoms with Crippen LogP contribution in [0.15, 0.2) is 18.5 Å². The molecule has 1 aliphatic heterocycles. The molecule has 2 aromatic heterocycles. The summed E-state index contributed by atoms with van der Waals surface area (Å²) in [6, 6.07) is 5.03. The summed E-state index contributed by atoms with van der Waals surface area (Å²) in [5.74, 6) is -0.0682. The van der Waals surface area contributed by atoms with Crippen molar-refractivity contribution in [3.8, 4) is 6.07 Å². The van der Waals surface area contributed by atoms with Crippen molar-refractivity contribution < 1.29 is 34.0 Å². The first kappa shape index (κ1) is 28.7. The number of carbonyl (C=O) groups excluding carboxylic acids is 2. The van der Waals surface area contributed by atoms with Crippen LogP contribution in [0, 0.1) is 22.7 Å². The Hall–Kier alpha value is -3.27. The topological polar surface area (TPSA) is 168 Å². The van der Waals surface area contributed by atoms with Gasteiger partial charge >= 0.3 is 12.1 Å². The van der Waals surface area contributed by atoms with E-state index in [-0.39, 0.29) is 30.6 Å². The maximum absolute atomic E-state index is 13.0. The second-order valence-electron chi connectivity index (χ2n) is 10.8. The highest BCUT2D eigenvalue weighted by Gasteiger charge is 2.58. The van der Waals surface area contributed by atoms with Gasteiger partial charge in [0.25, 0.3) is 0 Å². The molecular weight excluding hydrogens is 506 g/mol. The number of amides is 1. The Labute approximate surface area is 227 Å². The summed E-state index contributed by atoms with van der Waals surface area (Å²) >= 11 is 0. The highest BCUT2D eigenvalue weighted by Crippen LogP contribution is 2.42. The second kappa shape index (κ2) is 11.9. The molecule has 1 aliphatic carbocycles. The van der Waals surface area contributed by atoms with E-state index < -0.39 is 41.4 Å². The lowest BCUT2D eigenvalue weighted by Gasteiger charge is -2.35. The van der Waals surface area contributed by atoms with Crippen molar-refractivity contribution >= 4 is 23.4 Å². The SMILES string of the molecule is CCCCOC(=O)Nc1ncnn2c([C@]3(C#N)O[C@H](COC(=O)C(C)(C)C4CCCCC4)[C@@H](O)[C@H]3O)ccc12. The van der Waals surface area contributed by atoms with Gasteiger partial charge in [-0.25, -0.2) is 14.3 Å². The predicted octanol–water partition coefficient (Wildman–Crippen LogP) is 3.07. The standard InChI is InChI=1S/C27H37N5O7/c1-4-5-13-37-25(36)31-23-18-11-12-20(32(18)30-16-29-23)27(15-28)22(34)21(33)19(39-27)14-38-24(35)26(2,3)17-9-7-6-8-10-17/h11-12,16-17,19,21-22,33-34H,4-10,13-14H2,1-3H3,(H,29,30,31,36)/t19-,21-,22-,27+/m1/s1. The highest BCUT2D eigenvalue weighted by molar-refractivity contribution is 5.88. The molecule has 2 aromatic rings. The van der Waals surface area contributed by atoms with Gasteiger partial charge in [-0.05, 0) is 51.2 Å². The molecule has 0 spiro atoms. The summed E-state index contributed by atoms with van der Waals surface area (Å²) in [4.78, 5) is 29.2. The lowest BCUT2D eigenvalue weighted by Crippen LogP contribution is -2.41. The number of nitrogens with zero attached hydrogens (tertiary/aromatic N) is 4. The number of aromatic nitrogens is 3. The molecule has 1 saturated heterocycles. The molecule has 4 atom stereocenters. The summed E-state index contributed by atoms with van der Waals surface area (Å²) in [5, 5.41) is 38.7. The Morgan fingerprint density at radius 1 is 1.26 bits per heavy atom. The lowest BCUT2D eigenvalue weighted by atomic mass is 9.71. The Morgan fingerprint density at radius 2 is 2.00 bits per heavy atom. The monoisotopic (exact) mass is 543 g/mol. The van der Waals surface area contributed by atoms with Crippen LogP contribution in [0.4, 0.5) is 10.6 Å². The first-order valence-corrected chi connectivity index (χ1v) is 13.5. The number of esters is 1. The Morgan fingerprint density at radius 3 is 2.69 bits per heavy atom. The summed E-state index contributed by atoms with van der Waals surface area (Å²) in [5.41, 5.74) is -2.28. The van der Waals surface area contributed by atoms with E-state index in [1.54, 1.807) is 6.07 Å². The quantitative estimate of drug-likeness (QED) is 0.316. The number of hydrogen-bond acceptors (Lipinski definition) is 10. The number of nitriles is 1. The van der Waals surface area contributed by atoms with Crippen molar-refractivity contribution in [1.29, 1.82) is 5.26 Å². The molecule has 0 bridgehead atoms. The van der Waals surface area contributed by atoms with E-state index in [9.17, 15) is 25.1 Å². The van der Waals surface area contributed by atoms with Crippen molar-refractivity contribution in [1.82, 2.24) is 14.6 Å². The number of carbonyl (C=O) groups is 2. The molecule has 1 saturated carbocycles. The molecular formula is C27H37N5O7. The van der Waals surface area contributed by atoms with Crippen LogP contribution < -0.4 is 5.32 Å². The zero-order valence-corrected chi connectivity index (χ0v) is 22.6. The number of aliphatic hydroxyl groups is 2. The summed E-state index contributed by atoms with van der Waals surface area (Å²) in [6.07, 6.45) is 2.99. The maximum Gasteiger partial charge on any atom is 0.412 e. The van der Waals surface area contributed by atoms with Gasteiger partial charge in [-0.2, -0.15) is 10.4 Å². The van der Waals surface area contributed by atoms with E-state index in [0.717, 1.165) is 44.9 Å². The van der Waals surface area contributed by atoms with Gasteiger partial charge in [-0.1, -0.05) is 32.6 Å². The highest BCUT2D eigenvalue weighted by atomic mass is 16.6. The van der Waals surface area contributed by atoms with Crippen molar-refractivity contribution in [3.05, 3.63) is 24.2 Å². The van der Waals surface area contributed by atoms with E-state index in [4.69, 9.17) is 14.2 Å². The first-order valence-electron chi connectivity index (χ1n) is 13.5. The van der Waals surface area contributed by atoms with Gasteiger partial charge in [0.2, 0.25) is 5.60 Å². The van der Waals surface area contributed by atoms with E-state index in [1.807, 2.05) is 26.8 Å². The van der Waals surface area contributed by atoms with Crippen LogP contribution in [0.3, 0.4) is 0 Å². The van der Waals surface area contributed by atoms with Gasteiger partial charge in [0, 0.05) is 0 Å². The molecule has 3 heterocycles. The third kappa shape index (κ3) is 5.57. The number of unbranched alkanes of at least 4 members (excludes halogenated alkanes) is 1. The summed E-state index contributed by atoms with van der Waals surface area (Å²) in [6.45, 7) is 5.64. The van der Waals surface area contributed by atoms with Crippen LogP contribution in [-0.4, -0.2) is 68.4 Å². The third-order valence-electron chi connectivity index (χ3n) is 7.94. The number of hydrogen-bond donors (Lipinski definition) is 3. The number of nitrogens with one attached hydrogen (secondary N) is 1. The fourth-order valence-electron chi connectivity index (χ4n) is 5.40. The molecule has 4 rings (SSSR count). The van der Waals surface area contributed by atoms with Crippen LogP contribution in [0.25, 0.3) is 5.52 Å². The smallest absolute Gasteiger partial charge is 0.412 e. The van der Waals surface area contributed by atoms with Crippen molar-refractivity contribution in [2.75, 3.05) is 18.5 Å². The average molecular weight is 544 g/mol. The zero-order chi connectivity index (χ0) is 28.2. The molecule has 3 N–H and O–H groups in total. The largest absolute Gasteiger partial charge is 0.462 e. The van der Waals surface area contributed by atoms with Gasteiger partial charge in [-0.3, -0.25) is 10.1 Å². The molecule has 12 nitrogen and oxygen atoms in total. The normalized spacial score (nSPS) is 25.8. The fourth-order valence-corrected chi connectivity index (χ4v) is 5.40. The van der Waals surface area contributed by atoms with Gasteiger partial charge in [0.1, 0.15) is 42.8 Å². The zero-order valence-electron chi connectivity index (χ0n) is 22.6. The molecule has 0 aromatic carbocycles. The molecule has 1 amide bonds.